The van der Waals surface area contributed by atoms with E-state index in [1.54, 1.807) is 6.92 Å². The van der Waals surface area contributed by atoms with Gasteiger partial charge in [-0.15, -0.1) is 0 Å². The van der Waals surface area contributed by atoms with Crippen molar-refractivity contribution < 1.29 is 9.57 Å². The predicted molar refractivity (Wildman–Crippen MR) is 72.2 cm³/mol. The van der Waals surface area contributed by atoms with Crippen LogP contribution in [0.4, 0.5) is 0 Å². The first-order valence-electron chi connectivity index (χ1n) is 5.71. The summed E-state index contributed by atoms with van der Waals surface area (Å²) in [5, 5.41) is 6.68. The van der Waals surface area contributed by atoms with E-state index in [1.807, 2.05) is 30.3 Å². The molecule has 0 unspecified atom stereocenters. The number of hydrogen-bond donors (Lipinski definition) is 1. The Hall–Kier alpha value is -2.50. The van der Waals surface area contributed by atoms with Gasteiger partial charge in [0.05, 0.1) is 18.5 Å². The van der Waals surface area contributed by atoms with E-state index in [0.717, 1.165) is 5.69 Å². The molecule has 19 heavy (non-hydrogen) atoms. The van der Waals surface area contributed by atoms with Crippen LogP contribution in [-0.2, 0) is 4.84 Å². The van der Waals surface area contributed by atoms with Crippen molar-refractivity contribution in [3.05, 3.63) is 46.2 Å². The third-order valence-electron chi connectivity index (χ3n) is 2.67. The largest absolute Gasteiger partial charge is 0.481 e. The molecule has 2 rings (SSSR count). The summed E-state index contributed by atoms with van der Waals surface area (Å²) >= 11 is 0. The number of rotatable bonds is 4. The summed E-state index contributed by atoms with van der Waals surface area (Å²) in [4.78, 5) is 17.1. The number of methoxy groups -OCH3 is 1. The molecular weight excluding hydrogens is 246 g/mol. The Balaban J connectivity index is 2.62. The van der Waals surface area contributed by atoms with E-state index in [9.17, 15) is 4.79 Å². The van der Waals surface area contributed by atoms with Gasteiger partial charge in [-0.25, -0.2) is 4.68 Å². The fourth-order valence-corrected chi connectivity index (χ4v) is 1.83. The maximum Gasteiger partial charge on any atom is 0.284 e. The minimum Gasteiger partial charge on any atom is -0.481 e. The Kier molecular flexibility index (Phi) is 3.70. The number of hydrogen-bond acceptors (Lipinski definition) is 4. The first-order valence-corrected chi connectivity index (χ1v) is 5.71. The monoisotopic (exact) mass is 261 g/mol. The van der Waals surface area contributed by atoms with Gasteiger partial charge in [0.15, 0.2) is 0 Å². The number of aromatic nitrogens is 2. The fourth-order valence-electron chi connectivity index (χ4n) is 1.83. The van der Waals surface area contributed by atoms with Gasteiger partial charge < -0.3 is 9.57 Å². The molecule has 0 radical (unpaired) electrons. The maximum absolute atomic E-state index is 12.4. The first kappa shape index (κ1) is 12.9. The lowest BCUT2D eigenvalue weighted by Crippen LogP contribution is -2.19. The Morgan fingerprint density at radius 1 is 1.26 bits per heavy atom. The highest BCUT2D eigenvalue weighted by atomic mass is 16.6. The molecular formula is C13H15N3O3. The second-order valence-electron chi connectivity index (χ2n) is 3.86. The average Bonchev–Trinajstić information content (AvgIpc) is 2.77. The Morgan fingerprint density at radius 3 is 2.53 bits per heavy atom. The second kappa shape index (κ2) is 5.43. The van der Waals surface area contributed by atoms with Crippen LogP contribution in [0, 0.1) is 0 Å². The normalized spacial score (nSPS) is 11.4. The Morgan fingerprint density at radius 2 is 1.95 bits per heavy atom. The van der Waals surface area contributed by atoms with Crippen LogP contribution in [0.15, 0.2) is 40.3 Å². The van der Waals surface area contributed by atoms with Crippen LogP contribution in [0.3, 0.4) is 0 Å². The van der Waals surface area contributed by atoms with Crippen LogP contribution in [0.25, 0.3) is 5.69 Å². The van der Waals surface area contributed by atoms with Gasteiger partial charge in [-0.05, 0) is 19.1 Å². The van der Waals surface area contributed by atoms with E-state index < -0.39 is 0 Å². The highest BCUT2D eigenvalue weighted by Crippen LogP contribution is 2.14. The molecule has 0 aliphatic rings. The molecule has 100 valence electrons. The van der Waals surface area contributed by atoms with Crippen LogP contribution in [0.1, 0.15) is 12.5 Å². The number of nitrogens with zero attached hydrogens (tertiary/aromatic N) is 2. The topological polar surface area (TPSA) is 68.6 Å². The minimum absolute atomic E-state index is 0.235. The van der Waals surface area contributed by atoms with Crippen LogP contribution in [0.5, 0.6) is 5.88 Å². The van der Waals surface area contributed by atoms with E-state index >= 15 is 0 Å². The quantitative estimate of drug-likeness (QED) is 0.670. The summed E-state index contributed by atoms with van der Waals surface area (Å²) in [6, 6.07) is 9.23. The molecule has 0 amide bonds. The molecule has 0 fully saturated rings. The molecule has 0 saturated carbocycles. The molecule has 6 nitrogen and oxygen atoms in total. The Labute approximate surface area is 110 Å². The summed E-state index contributed by atoms with van der Waals surface area (Å²) in [6.45, 7) is 1.69. The SMILES string of the molecule is CO/N=C(\C)c1c(OC)[nH]n(-c2ccccc2)c1=O. The number of H-pyrrole nitrogens is 1. The van der Waals surface area contributed by atoms with Gasteiger partial charge in [-0.1, -0.05) is 23.4 Å². The number of nitrogens with one attached hydrogen (secondary N) is 1. The molecule has 1 N–H and O–H groups in total. The summed E-state index contributed by atoms with van der Waals surface area (Å²) in [6.07, 6.45) is 0. The third kappa shape index (κ3) is 2.37. The molecule has 0 atom stereocenters. The van der Waals surface area contributed by atoms with E-state index in [-0.39, 0.29) is 5.56 Å². The number of oxime groups is 1. The zero-order valence-corrected chi connectivity index (χ0v) is 11.0. The molecule has 0 aliphatic carbocycles. The molecule has 6 heteroatoms. The lowest BCUT2D eigenvalue weighted by atomic mass is 10.2. The van der Waals surface area contributed by atoms with Crippen molar-refractivity contribution in [2.45, 2.75) is 6.92 Å². The van der Waals surface area contributed by atoms with Crippen LogP contribution in [-0.4, -0.2) is 29.7 Å². The lowest BCUT2D eigenvalue weighted by Gasteiger charge is -2.00. The van der Waals surface area contributed by atoms with Crippen molar-refractivity contribution in [3.8, 4) is 11.6 Å². The predicted octanol–water partition coefficient (Wildman–Crippen LogP) is 1.54. The highest BCUT2D eigenvalue weighted by molar-refractivity contribution is 6.00. The molecule has 0 spiro atoms. The average molecular weight is 261 g/mol. The van der Waals surface area contributed by atoms with Crippen LogP contribution >= 0.6 is 0 Å². The standard InChI is InChI=1S/C13H15N3O3/c1-9(15-19-3)11-12(18-2)14-16(13(11)17)10-7-5-4-6-8-10/h4-8,14H,1-3H3/b15-9+. The summed E-state index contributed by atoms with van der Waals surface area (Å²) in [5.74, 6) is 0.354. The molecule has 1 aromatic heterocycles. The Bertz CT molecular complexity index is 641. The third-order valence-corrected chi connectivity index (χ3v) is 2.67. The van der Waals surface area contributed by atoms with Crippen molar-refractivity contribution in [2.75, 3.05) is 14.2 Å². The van der Waals surface area contributed by atoms with Gasteiger partial charge in [-0.3, -0.25) is 9.89 Å². The van der Waals surface area contributed by atoms with Crippen molar-refractivity contribution >= 4 is 5.71 Å². The molecule has 0 bridgehead atoms. The summed E-state index contributed by atoms with van der Waals surface area (Å²) in [5.41, 5.74) is 1.30. The zero-order valence-electron chi connectivity index (χ0n) is 11.0. The molecule has 1 heterocycles. The van der Waals surface area contributed by atoms with E-state index in [0.29, 0.717) is 17.2 Å². The molecule has 0 saturated heterocycles. The van der Waals surface area contributed by atoms with Gasteiger partial charge >= 0.3 is 0 Å². The number of para-hydroxylation sites is 1. The maximum atomic E-state index is 12.4. The summed E-state index contributed by atoms with van der Waals surface area (Å²) in [7, 11) is 2.92. The van der Waals surface area contributed by atoms with Crippen molar-refractivity contribution in [2.24, 2.45) is 5.16 Å². The minimum atomic E-state index is -0.235. The summed E-state index contributed by atoms with van der Waals surface area (Å²) < 4.78 is 6.59. The molecule has 2 aromatic rings. The van der Waals surface area contributed by atoms with Gasteiger partial charge in [0.25, 0.3) is 5.56 Å². The zero-order chi connectivity index (χ0) is 13.8. The molecule has 1 aromatic carbocycles. The number of benzene rings is 1. The van der Waals surface area contributed by atoms with Gasteiger partial charge in [0.2, 0.25) is 5.88 Å². The van der Waals surface area contributed by atoms with E-state index in [1.165, 1.54) is 18.9 Å². The van der Waals surface area contributed by atoms with Crippen molar-refractivity contribution in [1.29, 1.82) is 0 Å². The fraction of sp³-hybridized carbons (Fsp3) is 0.231. The van der Waals surface area contributed by atoms with Crippen molar-refractivity contribution in [1.82, 2.24) is 9.78 Å². The second-order valence-corrected chi connectivity index (χ2v) is 3.86. The smallest absolute Gasteiger partial charge is 0.284 e. The molecule has 0 aliphatic heterocycles. The number of ether oxygens (including phenoxy) is 1. The van der Waals surface area contributed by atoms with E-state index in [2.05, 4.69) is 10.3 Å². The van der Waals surface area contributed by atoms with Gasteiger partial charge in [0.1, 0.15) is 12.7 Å². The van der Waals surface area contributed by atoms with Gasteiger partial charge in [0, 0.05) is 0 Å². The van der Waals surface area contributed by atoms with Gasteiger partial charge in [-0.2, -0.15) is 0 Å². The van der Waals surface area contributed by atoms with Crippen LogP contribution in [0.2, 0.25) is 0 Å². The first-order chi connectivity index (χ1) is 9.19. The highest BCUT2D eigenvalue weighted by Gasteiger charge is 2.18. The van der Waals surface area contributed by atoms with Crippen LogP contribution < -0.4 is 10.3 Å². The van der Waals surface area contributed by atoms with Crippen molar-refractivity contribution in [3.63, 3.8) is 0 Å². The lowest BCUT2D eigenvalue weighted by molar-refractivity contribution is 0.213. The number of aromatic amines is 1. The van der Waals surface area contributed by atoms with E-state index in [4.69, 9.17) is 9.57 Å².